The van der Waals surface area contributed by atoms with Crippen molar-refractivity contribution >= 4 is 11.4 Å². The number of non-ortho nitro benzene ring substituents is 1. The van der Waals surface area contributed by atoms with Crippen LogP contribution in [0.2, 0.25) is 0 Å². The molecular weight excluding hydrogens is 186 g/mol. The molecule has 14 heavy (non-hydrogen) atoms. The molecule has 0 aliphatic rings. The number of benzene rings is 1. The van der Waals surface area contributed by atoms with Gasteiger partial charge in [-0.1, -0.05) is 0 Å². The van der Waals surface area contributed by atoms with E-state index in [0.29, 0.717) is 0 Å². The van der Waals surface area contributed by atoms with Gasteiger partial charge in [-0.05, 0) is 6.07 Å². The number of hydrogen-bond acceptors (Lipinski definition) is 6. The Morgan fingerprint density at radius 2 is 2.00 bits per heavy atom. The molecule has 0 bridgehead atoms. The molecule has 7 heteroatoms. The normalized spacial score (nSPS) is 7.79. The average molecular weight is 191 g/mol. The van der Waals surface area contributed by atoms with E-state index >= 15 is 0 Å². The van der Waals surface area contributed by atoms with E-state index < -0.39 is 4.92 Å². The summed E-state index contributed by atoms with van der Waals surface area (Å²) in [6.07, 6.45) is 0. The lowest BCUT2D eigenvalue weighted by Gasteiger charge is -1.95. The molecule has 2 N–H and O–H groups in total. The third kappa shape index (κ3) is 2.43. The first-order chi connectivity index (χ1) is 6.65. The van der Waals surface area contributed by atoms with E-state index in [1.165, 1.54) is 12.1 Å². The summed E-state index contributed by atoms with van der Waals surface area (Å²) in [5.41, 5.74) is 5.61. The molecule has 0 atom stereocenters. The lowest BCUT2D eigenvalue weighted by Crippen LogP contribution is -1.93. The number of hydrogen-bond donors (Lipinski definition) is 1. The lowest BCUT2D eigenvalue weighted by atomic mass is 10.2. The van der Waals surface area contributed by atoms with Crippen molar-refractivity contribution in [3.8, 4) is 6.07 Å². The quantitative estimate of drug-likeness (QED) is 0.304. The Balaban J connectivity index is 0.000000791. The van der Waals surface area contributed by atoms with E-state index in [1.807, 2.05) is 0 Å². The van der Waals surface area contributed by atoms with E-state index in [1.54, 1.807) is 6.07 Å². The van der Waals surface area contributed by atoms with E-state index in [-0.39, 0.29) is 16.9 Å². The van der Waals surface area contributed by atoms with Crippen LogP contribution in [0.25, 0.3) is 0 Å². The molecule has 0 aliphatic heterocycles. The number of nitrogens with zero attached hydrogens (tertiary/aromatic N) is 4. The lowest BCUT2D eigenvalue weighted by molar-refractivity contribution is -0.384. The first-order valence-electron chi connectivity index (χ1n) is 3.29. The summed E-state index contributed by atoms with van der Waals surface area (Å²) in [5.74, 6) is 0. The highest BCUT2D eigenvalue weighted by Gasteiger charge is 2.07. The standard InChI is InChI=1S/C7H5N3O2.N2/c8-4-5-3-6(10(11)12)1-2-7(5)9;1-2/h1-3H,9H2;. The molecule has 0 aliphatic carbocycles. The fraction of sp³-hybridized carbons (Fsp3) is 0. The second-order valence-electron chi connectivity index (χ2n) is 2.14. The van der Waals surface area contributed by atoms with Gasteiger partial charge in [0.15, 0.2) is 0 Å². The molecular formula is C7H5N5O2. The van der Waals surface area contributed by atoms with Gasteiger partial charge in [0.05, 0.1) is 10.5 Å². The molecule has 0 saturated heterocycles. The van der Waals surface area contributed by atoms with Crippen LogP contribution < -0.4 is 5.73 Å². The molecule has 70 valence electrons. The highest BCUT2D eigenvalue weighted by atomic mass is 16.6. The average Bonchev–Trinajstić information content (AvgIpc) is 2.21. The van der Waals surface area contributed by atoms with Crippen LogP contribution in [0.15, 0.2) is 18.2 Å². The van der Waals surface area contributed by atoms with Gasteiger partial charge in [-0.3, -0.25) is 10.1 Å². The van der Waals surface area contributed by atoms with Gasteiger partial charge < -0.3 is 5.73 Å². The molecule has 0 radical (unpaired) electrons. The fourth-order valence-corrected chi connectivity index (χ4v) is 0.755. The summed E-state index contributed by atoms with van der Waals surface area (Å²) in [7, 11) is 0. The molecule has 0 heterocycles. The zero-order chi connectivity index (χ0) is 11.1. The van der Waals surface area contributed by atoms with Crippen molar-refractivity contribution in [1.29, 1.82) is 16.0 Å². The van der Waals surface area contributed by atoms with Crippen molar-refractivity contribution in [2.24, 2.45) is 0 Å². The highest BCUT2D eigenvalue weighted by molar-refractivity contribution is 5.58. The van der Waals surface area contributed by atoms with Crippen molar-refractivity contribution in [3.63, 3.8) is 0 Å². The SMILES string of the molecule is N#Cc1cc([N+](=O)[O-])ccc1N.N#N. The van der Waals surface area contributed by atoms with Gasteiger partial charge in [0.2, 0.25) is 0 Å². The van der Waals surface area contributed by atoms with Crippen LogP contribution >= 0.6 is 0 Å². The Labute approximate surface area is 78.9 Å². The number of anilines is 1. The minimum absolute atomic E-state index is 0.124. The van der Waals surface area contributed by atoms with Crippen LogP contribution in [0.4, 0.5) is 11.4 Å². The van der Waals surface area contributed by atoms with Gasteiger partial charge in [0.1, 0.15) is 6.07 Å². The summed E-state index contributed by atoms with van der Waals surface area (Å²) in [4.78, 5) is 9.67. The Morgan fingerprint density at radius 1 is 1.43 bits per heavy atom. The van der Waals surface area contributed by atoms with Crippen LogP contribution in [0, 0.1) is 32.2 Å². The van der Waals surface area contributed by atoms with Crippen molar-refractivity contribution in [1.82, 2.24) is 0 Å². The maximum atomic E-state index is 10.2. The largest absolute Gasteiger partial charge is 0.398 e. The Morgan fingerprint density at radius 3 is 2.43 bits per heavy atom. The van der Waals surface area contributed by atoms with Crippen molar-refractivity contribution in [3.05, 3.63) is 33.9 Å². The van der Waals surface area contributed by atoms with Gasteiger partial charge in [0, 0.05) is 28.6 Å². The first-order valence-corrected chi connectivity index (χ1v) is 3.29. The van der Waals surface area contributed by atoms with Crippen molar-refractivity contribution in [2.45, 2.75) is 0 Å². The van der Waals surface area contributed by atoms with Crippen LogP contribution in [-0.4, -0.2) is 4.92 Å². The smallest absolute Gasteiger partial charge is 0.270 e. The van der Waals surface area contributed by atoms with Crippen LogP contribution in [0.1, 0.15) is 5.56 Å². The molecule has 0 amide bonds. The third-order valence-electron chi connectivity index (χ3n) is 1.37. The zero-order valence-corrected chi connectivity index (χ0v) is 6.91. The Hall–Kier alpha value is -2.67. The summed E-state index contributed by atoms with van der Waals surface area (Å²) in [6, 6.07) is 5.51. The van der Waals surface area contributed by atoms with Gasteiger partial charge >= 0.3 is 0 Å². The van der Waals surface area contributed by atoms with Gasteiger partial charge in [-0.25, -0.2) is 0 Å². The Bertz CT molecular complexity index is 406. The summed E-state index contributed by atoms with van der Waals surface area (Å²) >= 11 is 0. The second-order valence-corrected chi connectivity index (χ2v) is 2.14. The molecule has 0 fully saturated rings. The fourth-order valence-electron chi connectivity index (χ4n) is 0.755. The van der Waals surface area contributed by atoms with E-state index in [9.17, 15) is 10.1 Å². The highest BCUT2D eigenvalue weighted by Crippen LogP contribution is 2.18. The molecule has 0 unspecified atom stereocenters. The predicted octanol–water partition coefficient (Wildman–Crippen LogP) is 1.08. The summed E-state index contributed by atoms with van der Waals surface area (Å²) in [6.45, 7) is 0. The molecule has 1 aromatic carbocycles. The molecule has 7 nitrogen and oxygen atoms in total. The topological polar surface area (TPSA) is 141 Å². The maximum absolute atomic E-state index is 10.2. The van der Waals surface area contributed by atoms with Gasteiger partial charge in [-0.15, -0.1) is 0 Å². The van der Waals surface area contributed by atoms with Crippen LogP contribution in [0.3, 0.4) is 0 Å². The van der Waals surface area contributed by atoms with Crippen molar-refractivity contribution < 1.29 is 4.92 Å². The van der Waals surface area contributed by atoms with Crippen molar-refractivity contribution in [2.75, 3.05) is 5.73 Å². The number of nitro benzene ring substituents is 1. The number of nitrogens with two attached hydrogens (primary N) is 1. The second kappa shape index (κ2) is 5.06. The first kappa shape index (κ1) is 11.3. The maximum Gasteiger partial charge on any atom is 0.270 e. The third-order valence-corrected chi connectivity index (χ3v) is 1.37. The number of nitriles is 1. The Kier molecular flexibility index (Phi) is 4.10. The molecule has 1 aromatic rings. The predicted molar refractivity (Wildman–Crippen MR) is 45.7 cm³/mol. The van der Waals surface area contributed by atoms with Crippen LogP contribution in [0.5, 0.6) is 0 Å². The number of nitro groups is 1. The van der Waals surface area contributed by atoms with Gasteiger partial charge in [0.25, 0.3) is 5.69 Å². The molecule has 0 spiro atoms. The minimum Gasteiger partial charge on any atom is -0.398 e. The molecule has 0 saturated carbocycles. The number of rotatable bonds is 1. The van der Waals surface area contributed by atoms with Gasteiger partial charge in [-0.2, -0.15) is 5.26 Å². The molecule has 1 rings (SSSR count). The summed E-state index contributed by atoms with van der Waals surface area (Å²) < 4.78 is 0. The van der Waals surface area contributed by atoms with E-state index in [0.717, 1.165) is 6.07 Å². The minimum atomic E-state index is -0.569. The van der Waals surface area contributed by atoms with E-state index in [4.69, 9.17) is 21.8 Å². The molecule has 0 aromatic heterocycles. The van der Waals surface area contributed by atoms with Crippen LogP contribution in [-0.2, 0) is 0 Å². The number of nitrogen functional groups attached to an aromatic ring is 1. The summed E-state index contributed by atoms with van der Waals surface area (Å²) in [5, 5.41) is 30.7. The monoisotopic (exact) mass is 191 g/mol. The van der Waals surface area contributed by atoms with E-state index in [2.05, 4.69) is 0 Å². The zero-order valence-electron chi connectivity index (χ0n) is 6.91.